The summed E-state index contributed by atoms with van der Waals surface area (Å²) in [6, 6.07) is 1.49. The zero-order valence-electron chi connectivity index (χ0n) is 22.8. The van der Waals surface area contributed by atoms with Gasteiger partial charge < -0.3 is 25.2 Å². The first-order chi connectivity index (χ1) is 19.1. The molecular formula is C28H35ClF2N4O4S. The van der Waals surface area contributed by atoms with Crippen LogP contribution in [0.25, 0.3) is 0 Å². The van der Waals surface area contributed by atoms with Gasteiger partial charge in [-0.15, -0.1) is 11.3 Å². The Balaban J connectivity index is 1.60. The number of halogens is 3. The molecule has 0 bridgehead atoms. The topological polar surface area (TPSA) is 105 Å². The second kappa shape index (κ2) is 13.5. The summed E-state index contributed by atoms with van der Waals surface area (Å²) in [6.07, 6.45) is 5.61. The minimum absolute atomic E-state index is 0.0578. The number of amidine groups is 1. The highest BCUT2D eigenvalue weighted by Gasteiger charge is 2.38. The second-order valence-electron chi connectivity index (χ2n) is 10.4. The number of esters is 1. The lowest BCUT2D eigenvalue weighted by Crippen LogP contribution is -2.47. The van der Waals surface area contributed by atoms with E-state index in [-0.39, 0.29) is 29.7 Å². The van der Waals surface area contributed by atoms with Crippen molar-refractivity contribution in [1.29, 1.82) is 0 Å². The predicted octanol–water partition coefficient (Wildman–Crippen LogP) is 4.92. The summed E-state index contributed by atoms with van der Waals surface area (Å²) < 4.78 is 39.1. The van der Waals surface area contributed by atoms with Crippen LogP contribution in [0.1, 0.15) is 62.6 Å². The third kappa shape index (κ3) is 7.06. The summed E-state index contributed by atoms with van der Waals surface area (Å²) >= 11 is 7.61. The predicted molar refractivity (Wildman–Crippen MR) is 150 cm³/mol. The van der Waals surface area contributed by atoms with Crippen molar-refractivity contribution in [2.45, 2.75) is 63.6 Å². The van der Waals surface area contributed by atoms with E-state index in [0.717, 1.165) is 38.2 Å². The van der Waals surface area contributed by atoms with Crippen LogP contribution in [0.2, 0.25) is 5.02 Å². The van der Waals surface area contributed by atoms with E-state index in [1.54, 1.807) is 18.5 Å². The number of hydrogen-bond donors (Lipinski definition) is 3. The SMILES string of the molecule is CCCOC[C@](C)(O)CNC1CCC(C2=C(C(=O)OC)C(c3ccc(F)c(F)c3Cl)N=C(c3nccs3)N2)CC1. The number of aromatic nitrogens is 1. The van der Waals surface area contributed by atoms with Gasteiger partial charge in [0, 0.05) is 42.0 Å². The number of allylic oxidation sites excluding steroid dienone is 1. The van der Waals surface area contributed by atoms with Crippen molar-refractivity contribution in [3.8, 4) is 0 Å². The molecule has 2 aromatic rings. The van der Waals surface area contributed by atoms with Gasteiger partial charge in [-0.1, -0.05) is 24.6 Å². The number of nitrogens with one attached hydrogen (secondary N) is 2. The van der Waals surface area contributed by atoms with Crippen LogP contribution in [0.5, 0.6) is 0 Å². The Morgan fingerprint density at radius 1 is 1.30 bits per heavy atom. The minimum Gasteiger partial charge on any atom is -0.466 e. The number of carbonyl (C=O) groups is 1. The molecule has 1 fully saturated rings. The van der Waals surface area contributed by atoms with Gasteiger partial charge in [-0.2, -0.15) is 0 Å². The fourth-order valence-corrected chi connectivity index (χ4v) is 5.93. The van der Waals surface area contributed by atoms with Crippen LogP contribution in [0.3, 0.4) is 0 Å². The first-order valence-electron chi connectivity index (χ1n) is 13.4. The Morgan fingerprint density at radius 3 is 2.70 bits per heavy atom. The fourth-order valence-electron chi connectivity index (χ4n) is 5.09. The maximum atomic E-state index is 14.5. The summed E-state index contributed by atoms with van der Waals surface area (Å²) in [5.41, 5.74) is 0.0179. The average Bonchev–Trinajstić information content (AvgIpc) is 3.50. The smallest absolute Gasteiger partial charge is 0.338 e. The number of ether oxygens (including phenoxy) is 2. The zero-order valence-corrected chi connectivity index (χ0v) is 24.4. The van der Waals surface area contributed by atoms with Crippen LogP contribution in [0.4, 0.5) is 8.78 Å². The molecule has 2 atom stereocenters. The van der Waals surface area contributed by atoms with E-state index in [2.05, 4.69) is 15.6 Å². The first kappa shape index (κ1) is 30.5. The maximum absolute atomic E-state index is 14.5. The molecule has 12 heteroatoms. The van der Waals surface area contributed by atoms with E-state index in [4.69, 9.17) is 26.1 Å². The molecule has 1 aromatic heterocycles. The molecule has 1 unspecified atom stereocenters. The number of aliphatic imine (C=N–C) groups is 1. The molecule has 0 amide bonds. The molecule has 0 saturated heterocycles. The quantitative estimate of drug-likeness (QED) is 0.192. The van der Waals surface area contributed by atoms with Crippen LogP contribution in [-0.2, 0) is 14.3 Å². The van der Waals surface area contributed by atoms with Gasteiger partial charge in [-0.25, -0.2) is 18.6 Å². The Labute approximate surface area is 241 Å². The highest BCUT2D eigenvalue weighted by Crippen LogP contribution is 2.41. The zero-order chi connectivity index (χ0) is 28.9. The summed E-state index contributed by atoms with van der Waals surface area (Å²) in [4.78, 5) is 22.2. The molecule has 0 spiro atoms. The van der Waals surface area contributed by atoms with Gasteiger partial charge in [0.2, 0.25) is 0 Å². The third-order valence-electron chi connectivity index (χ3n) is 7.14. The second-order valence-corrected chi connectivity index (χ2v) is 11.7. The fraction of sp³-hybridized carbons (Fsp3) is 0.536. The molecule has 1 aromatic carbocycles. The van der Waals surface area contributed by atoms with E-state index in [0.29, 0.717) is 29.7 Å². The number of rotatable bonds is 11. The van der Waals surface area contributed by atoms with Crippen molar-refractivity contribution in [1.82, 2.24) is 15.6 Å². The van der Waals surface area contributed by atoms with Gasteiger partial charge in [0.15, 0.2) is 22.5 Å². The van der Waals surface area contributed by atoms with Crippen molar-refractivity contribution in [2.24, 2.45) is 10.9 Å². The van der Waals surface area contributed by atoms with Crippen molar-refractivity contribution < 1.29 is 28.2 Å². The lowest BCUT2D eigenvalue weighted by Gasteiger charge is -2.36. The highest BCUT2D eigenvalue weighted by atomic mass is 35.5. The lowest BCUT2D eigenvalue weighted by atomic mass is 9.80. The number of thiazole rings is 1. The van der Waals surface area contributed by atoms with Gasteiger partial charge in [0.1, 0.15) is 6.04 Å². The number of aliphatic hydroxyl groups is 1. The van der Waals surface area contributed by atoms with E-state index in [1.165, 1.54) is 24.5 Å². The molecule has 0 radical (unpaired) electrons. The van der Waals surface area contributed by atoms with E-state index in [9.17, 15) is 18.7 Å². The molecule has 1 aliphatic carbocycles. The Hall–Kier alpha value is -2.44. The Bertz CT molecular complexity index is 1250. The monoisotopic (exact) mass is 596 g/mol. The maximum Gasteiger partial charge on any atom is 0.338 e. The van der Waals surface area contributed by atoms with E-state index < -0.39 is 34.3 Å². The number of methoxy groups -OCH3 is 1. The molecule has 218 valence electrons. The van der Waals surface area contributed by atoms with Gasteiger partial charge in [-0.3, -0.25) is 4.99 Å². The first-order valence-corrected chi connectivity index (χ1v) is 14.6. The molecule has 3 N–H and O–H groups in total. The molecule has 1 aliphatic heterocycles. The standard InChI is InChI=1S/C28H35ClF2N4O4S/c1-4-12-39-15-28(2,37)14-33-17-7-5-16(6-8-17)23-20(27(36)38-3)24(18-9-10-19(30)22(31)21(18)29)35-25(34-23)26-32-11-13-40-26/h9-11,13,16-17,24,33,37H,4-8,12,14-15H2,1-3H3,(H,34,35)/t16?,17?,24?,28-/m1/s1. The number of benzene rings is 1. The van der Waals surface area contributed by atoms with Crippen LogP contribution >= 0.6 is 22.9 Å². The third-order valence-corrected chi connectivity index (χ3v) is 8.31. The summed E-state index contributed by atoms with van der Waals surface area (Å²) in [6.45, 7) is 5.04. The molecule has 40 heavy (non-hydrogen) atoms. The van der Waals surface area contributed by atoms with Crippen molar-refractivity contribution in [3.05, 3.63) is 62.2 Å². The molecule has 2 heterocycles. The molecule has 4 rings (SSSR count). The normalized spacial score (nSPS) is 22.9. The largest absolute Gasteiger partial charge is 0.466 e. The molecule has 8 nitrogen and oxygen atoms in total. The van der Waals surface area contributed by atoms with Gasteiger partial charge >= 0.3 is 5.97 Å². The molecular weight excluding hydrogens is 562 g/mol. The van der Waals surface area contributed by atoms with Crippen molar-refractivity contribution in [2.75, 3.05) is 26.9 Å². The van der Waals surface area contributed by atoms with E-state index >= 15 is 0 Å². The van der Waals surface area contributed by atoms with Crippen LogP contribution in [0, 0.1) is 17.6 Å². The van der Waals surface area contributed by atoms with Crippen LogP contribution in [-0.4, -0.2) is 60.4 Å². The van der Waals surface area contributed by atoms with Crippen LogP contribution in [0.15, 0.2) is 40.0 Å². The van der Waals surface area contributed by atoms with Crippen molar-refractivity contribution in [3.63, 3.8) is 0 Å². The summed E-state index contributed by atoms with van der Waals surface area (Å²) in [7, 11) is 1.27. The van der Waals surface area contributed by atoms with Gasteiger partial charge in [0.05, 0.1) is 29.9 Å². The minimum atomic E-state index is -1.20. The molecule has 1 saturated carbocycles. The van der Waals surface area contributed by atoms with Gasteiger partial charge in [0.25, 0.3) is 0 Å². The highest BCUT2D eigenvalue weighted by molar-refractivity contribution is 7.11. The summed E-state index contributed by atoms with van der Waals surface area (Å²) in [5, 5.41) is 19.4. The van der Waals surface area contributed by atoms with Crippen molar-refractivity contribution >= 4 is 34.7 Å². The number of carbonyl (C=O) groups excluding carboxylic acids is 1. The lowest BCUT2D eigenvalue weighted by molar-refractivity contribution is -0.136. The molecule has 2 aliphatic rings. The number of hydrogen-bond acceptors (Lipinski definition) is 9. The Morgan fingerprint density at radius 2 is 2.05 bits per heavy atom. The summed E-state index contributed by atoms with van der Waals surface area (Å²) in [5.74, 6) is -2.54. The van der Waals surface area contributed by atoms with Gasteiger partial charge in [-0.05, 0) is 51.0 Å². The Kier molecular flexibility index (Phi) is 10.3. The average molecular weight is 597 g/mol. The number of nitrogens with zero attached hydrogens (tertiary/aromatic N) is 2. The van der Waals surface area contributed by atoms with E-state index in [1.807, 2.05) is 6.92 Å². The van der Waals surface area contributed by atoms with Crippen LogP contribution < -0.4 is 10.6 Å².